The van der Waals surface area contributed by atoms with Crippen molar-refractivity contribution in [2.24, 2.45) is 0 Å². The number of piperidine rings is 1. The fourth-order valence-electron chi connectivity index (χ4n) is 2.45. The molecule has 0 spiro atoms. The second-order valence-electron chi connectivity index (χ2n) is 5.05. The smallest absolute Gasteiger partial charge is 0.222 e. The molecule has 1 heterocycles. The van der Waals surface area contributed by atoms with Gasteiger partial charge in [0.15, 0.2) is 0 Å². The van der Waals surface area contributed by atoms with Crippen molar-refractivity contribution < 1.29 is 9.18 Å². The minimum absolute atomic E-state index is 0.230. The number of amides is 1. The van der Waals surface area contributed by atoms with Crippen molar-refractivity contribution in [1.29, 1.82) is 0 Å². The Balaban J connectivity index is 1.69. The van der Waals surface area contributed by atoms with Gasteiger partial charge in [-0.3, -0.25) is 10.1 Å². The number of carbonyl (C=O) groups excluding carboxylic acids is 1. The maximum absolute atomic E-state index is 13.4. The number of rotatable bonds is 5. The van der Waals surface area contributed by atoms with Crippen molar-refractivity contribution in [3.63, 3.8) is 0 Å². The highest BCUT2D eigenvalue weighted by Gasteiger charge is 2.21. The van der Waals surface area contributed by atoms with Gasteiger partial charge in [0.25, 0.3) is 0 Å². The third-order valence-electron chi connectivity index (χ3n) is 3.69. The van der Waals surface area contributed by atoms with Crippen molar-refractivity contribution in [2.45, 2.75) is 32.2 Å². The summed E-state index contributed by atoms with van der Waals surface area (Å²) in [7, 11) is 0. The van der Waals surface area contributed by atoms with E-state index in [2.05, 4.69) is 10.6 Å². The summed E-state index contributed by atoms with van der Waals surface area (Å²) in [5.41, 5.74) is 0.513. The number of benzene rings is 1. The van der Waals surface area contributed by atoms with Gasteiger partial charge in [-0.05, 0) is 25.0 Å². The number of anilines is 1. The summed E-state index contributed by atoms with van der Waals surface area (Å²) in [6.45, 7) is 4.05. The van der Waals surface area contributed by atoms with E-state index in [0.717, 1.165) is 25.9 Å². The van der Waals surface area contributed by atoms with Gasteiger partial charge in [0, 0.05) is 25.6 Å². The van der Waals surface area contributed by atoms with E-state index >= 15 is 0 Å². The van der Waals surface area contributed by atoms with Crippen LogP contribution < -0.4 is 10.6 Å². The molecule has 0 bridgehead atoms. The van der Waals surface area contributed by atoms with Crippen LogP contribution in [-0.4, -0.2) is 36.6 Å². The summed E-state index contributed by atoms with van der Waals surface area (Å²) >= 11 is 0. The van der Waals surface area contributed by atoms with Crippen LogP contribution >= 0.6 is 0 Å². The molecular formula is C15H22FN3O. The first kappa shape index (κ1) is 14.8. The molecule has 4 nitrogen and oxygen atoms in total. The molecule has 0 radical (unpaired) electrons. The maximum Gasteiger partial charge on any atom is 0.222 e. The third-order valence-corrected chi connectivity index (χ3v) is 3.69. The van der Waals surface area contributed by atoms with E-state index in [1.54, 1.807) is 18.2 Å². The predicted octanol–water partition coefficient (Wildman–Crippen LogP) is 2.19. The zero-order valence-electron chi connectivity index (χ0n) is 11.9. The molecule has 1 aliphatic heterocycles. The van der Waals surface area contributed by atoms with Crippen LogP contribution in [0.2, 0.25) is 0 Å². The third kappa shape index (κ3) is 3.93. The van der Waals surface area contributed by atoms with Crippen LogP contribution in [0.1, 0.15) is 26.2 Å². The summed E-state index contributed by atoms with van der Waals surface area (Å²) in [4.78, 5) is 13.5. The van der Waals surface area contributed by atoms with Gasteiger partial charge in [0.1, 0.15) is 5.82 Å². The molecule has 1 fully saturated rings. The molecule has 0 aromatic heterocycles. The zero-order valence-corrected chi connectivity index (χ0v) is 11.9. The quantitative estimate of drug-likeness (QED) is 0.812. The first-order valence-corrected chi connectivity index (χ1v) is 7.20. The van der Waals surface area contributed by atoms with Crippen molar-refractivity contribution >= 4 is 11.6 Å². The standard InChI is InChI=1S/C15H22FN3O/c1-2-15(20)19-9-7-12(8-10-19)17-11-18-14-6-4-3-5-13(14)16/h3-6,12,17-18H,2,7-11H2,1H3. The number of para-hydroxylation sites is 1. The van der Waals surface area contributed by atoms with Crippen LogP contribution in [0.5, 0.6) is 0 Å². The summed E-state index contributed by atoms with van der Waals surface area (Å²) < 4.78 is 13.4. The molecule has 5 heteroatoms. The lowest BCUT2D eigenvalue weighted by atomic mass is 10.1. The van der Waals surface area contributed by atoms with Gasteiger partial charge in [0.05, 0.1) is 12.4 Å². The van der Waals surface area contributed by atoms with E-state index in [1.165, 1.54) is 6.07 Å². The monoisotopic (exact) mass is 279 g/mol. The molecule has 0 aliphatic carbocycles. The Morgan fingerprint density at radius 2 is 2.05 bits per heavy atom. The number of hydrogen-bond donors (Lipinski definition) is 2. The van der Waals surface area contributed by atoms with Gasteiger partial charge in [0.2, 0.25) is 5.91 Å². The van der Waals surface area contributed by atoms with Crippen LogP contribution in [0.4, 0.5) is 10.1 Å². The lowest BCUT2D eigenvalue weighted by Crippen LogP contribution is -2.45. The van der Waals surface area contributed by atoms with Gasteiger partial charge in [-0.25, -0.2) is 4.39 Å². The van der Waals surface area contributed by atoms with Crippen LogP contribution in [0, 0.1) is 5.82 Å². The van der Waals surface area contributed by atoms with Crippen molar-refractivity contribution in [3.8, 4) is 0 Å². The Bertz CT molecular complexity index is 444. The predicted molar refractivity (Wildman–Crippen MR) is 77.9 cm³/mol. The highest BCUT2D eigenvalue weighted by Crippen LogP contribution is 2.13. The Morgan fingerprint density at radius 1 is 1.35 bits per heavy atom. The van der Waals surface area contributed by atoms with E-state index in [-0.39, 0.29) is 11.7 Å². The van der Waals surface area contributed by atoms with E-state index in [1.807, 2.05) is 11.8 Å². The molecule has 0 atom stereocenters. The van der Waals surface area contributed by atoms with Crippen molar-refractivity contribution in [1.82, 2.24) is 10.2 Å². The lowest BCUT2D eigenvalue weighted by Gasteiger charge is -2.32. The van der Waals surface area contributed by atoms with Crippen LogP contribution in [0.15, 0.2) is 24.3 Å². The fraction of sp³-hybridized carbons (Fsp3) is 0.533. The average molecular weight is 279 g/mol. The molecule has 0 saturated carbocycles. The Hall–Kier alpha value is -1.62. The molecule has 1 saturated heterocycles. The summed E-state index contributed by atoms with van der Waals surface area (Å²) in [6, 6.07) is 7.03. The van der Waals surface area contributed by atoms with Gasteiger partial charge in [-0.1, -0.05) is 19.1 Å². The van der Waals surface area contributed by atoms with Gasteiger partial charge in [-0.15, -0.1) is 0 Å². The summed E-state index contributed by atoms with van der Waals surface area (Å²) in [5.74, 6) is -0.00871. The van der Waals surface area contributed by atoms with E-state index in [4.69, 9.17) is 0 Å². The molecular weight excluding hydrogens is 257 g/mol. The second kappa shape index (κ2) is 7.24. The molecule has 2 N–H and O–H groups in total. The molecule has 1 aliphatic rings. The molecule has 20 heavy (non-hydrogen) atoms. The minimum Gasteiger partial charge on any atom is -0.370 e. The number of nitrogens with one attached hydrogen (secondary N) is 2. The zero-order chi connectivity index (χ0) is 14.4. The number of hydrogen-bond acceptors (Lipinski definition) is 3. The van der Waals surface area contributed by atoms with Gasteiger partial charge < -0.3 is 10.2 Å². The van der Waals surface area contributed by atoms with Crippen molar-refractivity contribution in [2.75, 3.05) is 25.1 Å². The second-order valence-corrected chi connectivity index (χ2v) is 5.05. The van der Waals surface area contributed by atoms with E-state index < -0.39 is 0 Å². The normalized spacial score (nSPS) is 16.2. The fourth-order valence-corrected chi connectivity index (χ4v) is 2.45. The molecule has 110 valence electrons. The Kier molecular flexibility index (Phi) is 5.35. The number of likely N-dealkylation sites (tertiary alicyclic amines) is 1. The molecule has 0 unspecified atom stereocenters. The average Bonchev–Trinajstić information content (AvgIpc) is 2.49. The Labute approximate surface area is 119 Å². The van der Waals surface area contributed by atoms with Crippen LogP contribution in [-0.2, 0) is 4.79 Å². The number of halogens is 1. The van der Waals surface area contributed by atoms with Gasteiger partial charge in [-0.2, -0.15) is 0 Å². The summed E-state index contributed by atoms with van der Waals surface area (Å²) in [5, 5.41) is 6.40. The lowest BCUT2D eigenvalue weighted by molar-refractivity contribution is -0.131. The minimum atomic E-state index is -0.238. The molecule has 2 rings (SSSR count). The van der Waals surface area contributed by atoms with E-state index in [9.17, 15) is 9.18 Å². The number of nitrogens with zero attached hydrogens (tertiary/aromatic N) is 1. The van der Waals surface area contributed by atoms with Gasteiger partial charge >= 0.3 is 0 Å². The van der Waals surface area contributed by atoms with Crippen LogP contribution in [0.3, 0.4) is 0 Å². The highest BCUT2D eigenvalue weighted by molar-refractivity contribution is 5.75. The Morgan fingerprint density at radius 3 is 2.70 bits per heavy atom. The SMILES string of the molecule is CCC(=O)N1CCC(NCNc2ccccc2F)CC1. The van der Waals surface area contributed by atoms with Crippen LogP contribution in [0.25, 0.3) is 0 Å². The molecule has 1 aromatic rings. The largest absolute Gasteiger partial charge is 0.370 e. The maximum atomic E-state index is 13.4. The first-order chi connectivity index (χ1) is 9.70. The van der Waals surface area contributed by atoms with E-state index in [0.29, 0.717) is 24.8 Å². The topological polar surface area (TPSA) is 44.4 Å². The molecule has 1 amide bonds. The molecule has 1 aromatic carbocycles. The first-order valence-electron chi connectivity index (χ1n) is 7.20. The van der Waals surface area contributed by atoms with Crippen molar-refractivity contribution in [3.05, 3.63) is 30.1 Å². The summed E-state index contributed by atoms with van der Waals surface area (Å²) in [6.07, 6.45) is 2.47. The number of carbonyl (C=O) groups is 1. The highest BCUT2D eigenvalue weighted by atomic mass is 19.1.